The molecule has 0 spiro atoms. The first kappa shape index (κ1) is 28.9. The first-order valence-corrected chi connectivity index (χ1v) is 10.3. The summed E-state index contributed by atoms with van der Waals surface area (Å²) >= 11 is 0. The van der Waals surface area contributed by atoms with Crippen molar-refractivity contribution in [2.75, 3.05) is 5.75 Å². The Labute approximate surface area is 188 Å². The third-order valence-corrected chi connectivity index (χ3v) is 4.84. The molecule has 0 aliphatic carbocycles. The van der Waals surface area contributed by atoms with Crippen LogP contribution in [0.4, 0.5) is 26.3 Å². The number of benzene rings is 1. The van der Waals surface area contributed by atoms with Gasteiger partial charge in [-0.3, -0.25) is 14.1 Å². The molecule has 33 heavy (non-hydrogen) atoms. The predicted molar refractivity (Wildman–Crippen MR) is 102 cm³/mol. The molecule has 1 aromatic rings. The smallest absolute Gasteiger partial charge is 0.438 e. The molecule has 6 radical (unpaired) electrons. The van der Waals surface area contributed by atoms with Crippen molar-refractivity contribution in [3.63, 3.8) is 0 Å². The summed E-state index contributed by atoms with van der Waals surface area (Å²) in [7, 11) is 10.6. The van der Waals surface area contributed by atoms with Crippen LogP contribution in [-0.2, 0) is 43.4 Å². The average Bonchev–Trinajstić information content (AvgIpc) is 2.64. The van der Waals surface area contributed by atoms with Crippen molar-refractivity contribution in [3.8, 4) is 5.75 Å². The van der Waals surface area contributed by atoms with E-state index in [1.54, 1.807) is 0 Å². The minimum atomic E-state index is -6.53. The van der Waals surface area contributed by atoms with Crippen LogP contribution >= 0.6 is 0 Å². The van der Waals surface area contributed by atoms with E-state index in [1.165, 1.54) is 12.1 Å². The number of hydrogen-bond donors (Lipinski definition) is 1. The van der Waals surface area contributed by atoms with E-state index >= 15 is 0 Å². The second kappa shape index (κ2) is 10.4. The lowest BCUT2D eigenvalue weighted by Gasteiger charge is -2.35. The Bertz CT molecular complexity index is 956. The third-order valence-electron chi connectivity index (χ3n) is 4.07. The second-order valence-electron chi connectivity index (χ2n) is 6.53. The molecule has 0 amide bonds. The van der Waals surface area contributed by atoms with Crippen molar-refractivity contribution < 1.29 is 58.4 Å². The van der Waals surface area contributed by atoms with Crippen LogP contribution in [0, 0.1) is 0 Å². The molecule has 0 saturated heterocycles. The van der Waals surface area contributed by atoms with E-state index in [2.05, 4.69) is 4.74 Å². The minimum absolute atomic E-state index is 0.0330. The first-order chi connectivity index (χ1) is 14.9. The molecule has 0 atom stereocenters. The number of halogens is 6. The molecule has 0 aliphatic rings. The standard InChI is InChI=1S/C16H13B3F6O7S/c17-4-8-1-9(5-18)13(10(2-8)6-19)31-11(26)3-12(27)32-14(15(20,21)22,16(23,24)25)7-33(28,29)30/h1-2H,3-7H2,(H,28,29,30). The van der Waals surface area contributed by atoms with Gasteiger partial charge >= 0.3 is 29.9 Å². The maximum absolute atomic E-state index is 13.2. The Balaban J connectivity index is 3.23. The summed E-state index contributed by atoms with van der Waals surface area (Å²) in [6.07, 6.45) is -15.3. The number of rotatable bonds is 9. The number of carbonyl (C=O) groups is 2. The van der Waals surface area contributed by atoms with Crippen molar-refractivity contribution in [1.82, 2.24) is 0 Å². The van der Waals surface area contributed by atoms with Gasteiger partial charge in [-0.05, 0) is 11.1 Å². The summed E-state index contributed by atoms with van der Waals surface area (Å²) < 4.78 is 118. The van der Waals surface area contributed by atoms with Gasteiger partial charge in [0.25, 0.3) is 10.1 Å². The summed E-state index contributed by atoms with van der Waals surface area (Å²) in [5.74, 6) is -7.45. The lowest BCUT2D eigenvalue weighted by atomic mass is 9.85. The lowest BCUT2D eigenvalue weighted by Crippen LogP contribution is -2.63. The van der Waals surface area contributed by atoms with Gasteiger partial charge in [-0.1, -0.05) is 36.7 Å². The van der Waals surface area contributed by atoms with Crippen LogP contribution in [0.25, 0.3) is 0 Å². The van der Waals surface area contributed by atoms with E-state index in [1.807, 2.05) is 0 Å². The van der Waals surface area contributed by atoms with Gasteiger partial charge in [0.05, 0.1) is 23.5 Å². The molecule has 1 aromatic carbocycles. The molecule has 1 N–H and O–H groups in total. The second-order valence-corrected chi connectivity index (χ2v) is 7.98. The van der Waals surface area contributed by atoms with Gasteiger partial charge in [0, 0.05) is 0 Å². The SMILES string of the molecule is [B]Cc1cc(C[B])c(OC(=O)CC(=O)OC(CS(=O)(=O)O)(C(F)(F)F)C(F)(F)F)c(C[B])c1. The van der Waals surface area contributed by atoms with Gasteiger partial charge in [0.15, 0.2) is 0 Å². The zero-order valence-electron chi connectivity index (χ0n) is 16.5. The van der Waals surface area contributed by atoms with Gasteiger partial charge in [0.2, 0.25) is 0 Å². The molecule has 7 nitrogen and oxygen atoms in total. The maximum Gasteiger partial charge on any atom is 0.438 e. The van der Waals surface area contributed by atoms with Crippen LogP contribution in [-0.4, -0.2) is 72.2 Å². The molecule has 0 saturated carbocycles. The molecule has 17 heteroatoms. The fourth-order valence-electron chi connectivity index (χ4n) is 2.60. The number of hydrogen-bond acceptors (Lipinski definition) is 6. The predicted octanol–water partition coefficient (Wildman–Crippen LogP) is 1.28. The van der Waals surface area contributed by atoms with Crippen LogP contribution in [0.15, 0.2) is 12.1 Å². The third kappa shape index (κ3) is 7.16. The van der Waals surface area contributed by atoms with Crippen molar-refractivity contribution >= 4 is 45.6 Å². The highest BCUT2D eigenvalue weighted by Gasteiger charge is 2.76. The van der Waals surface area contributed by atoms with Crippen LogP contribution < -0.4 is 4.74 Å². The molecule has 0 heterocycles. The maximum atomic E-state index is 13.2. The van der Waals surface area contributed by atoms with E-state index in [9.17, 15) is 44.3 Å². The van der Waals surface area contributed by atoms with Gasteiger partial charge < -0.3 is 9.47 Å². The van der Waals surface area contributed by atoms with Crippen molar-refractivity contribution in [3.05, 3.63) is 28.8 Å². The number of ether oxygens (including phenoxy) is 2. The number of carbonyl (C=O) groups excluding carboxylic acids is 2. The molecule has 0 fully saturated rings. The highest BCUT2D eigenvalue weighted by molar-refractivity contribution is 7.85. The molecule has 0 bridgehead atoms. The molecule has 0 unspecified atom stereocenters. The Morgan fingerprint density at radius 1 is 0.879 bits per heavy atom. The first-order valence-electron chi connectivity index (χ1n) is 8.66. The highest BCUT2D eigenvalue weighted by atomic mass is 32.2. The number of alkyl halides is 6. The molecular weight excluding hydrogens is 483 g/mol. The van der Waals surface area contributed by atoms with Gasteiger partial charge in [-0.15, -0.1) is 0 Å². The Morgan fingerprint density at radius 3 is 1.67 bits per heavy atom. The molecule has 0 aromatic heterocycles. The van der Waals surface area contributed by atoms with Crippen LogP contribution in [0.5, 0.6) is 5.75 Å². The van der Waals surface area contributed by atoms with E-state index < -0.39 is 52.2 Å². The zero-order valence-corrected chi connectivity index (χ0v) is 17.3. The minimum Gasteiger partial charge on any atom is -0.438 e. The zero-order chi connectivity index (χ0) is 25.8. The molecular formula is C16H13B3F6O7S. The van der Waals surface area contributed by atoms with Gasteiger partial charge in [-0.25, -0.2) is 0 Å². The Morgan fingerprint density at radius 2 is 1.33 bits per heavy atom. The summed E-state index contributed by atoms with van der Waals surface area (Å²) in [5, 5.41) is 0. The van der Waals surface area contributed by atoms with Crippen molar-refractivity contribution in [1.29, 1.82) is 0 Å². The number of esters is 2. The van der Waals surface area contributed by atoms with E-state index in [-0.39, 0.29) is 35.8 Å². The summed E-state index contributed by atoms with van der Waals surface area (Å²) in [5.41, 5.74) is -4.84. The van der Waals surface area contributed by atoms with Crippen molar-refractivity contribution in [2.24, 2.45) is 0 Å². The molecule has 176 valence electrons. The summed E-state index contributed by atoms with van der Waals surface area (Å²) in [4.78, 5) is 23.8. The average molecular weight is 496 g/mol. The monoisotopic (exact) mass is 496 g/mol. The van der Waals surface area contributed by atoms with Crippen molar-refractivity contribution in [2.45, 2.75) is 43.3 Å². The van der Waals surface area contributed by atoms with Crippen LogP contribution in [0.3, 0.4) is 0 Å². The summed E-state index contributed by atoms with van der Waals surface area (Å²) in [6, 6.07) is 2.79. The van der Waals surface area contributed by atoms with Gasteiger partial charge in [0.1, 0.15) is 17.9 Å². The largest absolute Gasteiger partial charge is 0.438 e. The van der Waals surface area contributed by atoms with E-state index in [0.717, 1.165) is 0 Å². The summed E-state index contributed by atoms with van der Waals surface area (Å²) in [6.45, 7) is 0. The van der Waals surface area contributed by atoms with E-state index in [0.29, 0.717) is 5.56 Å². The normalized spacial score (nSPS) is 12.9. The highest BCUT2D eigenvalue weighted by Crippen LogP contribution is 2.47. The van der Waals surface area contributed by atoms with E-state index in [4.69, 9.17) is 32.8 Å². The Hall–Kier alpha value is -2.16. The van der Waals surface area contributed by atoms with Crippen LogP contribution in [0.2, 0.25) is 0 Å². The molecule has 1 rings (SSSR count). The lowest BCUT2D eigenvalue weighted by molar-refractivity contribution is -0.361. The fourth-order valence-corrected chi connectivity index (χ4v) is 3.50. The quantitative estimate of drug-likeness (QED) is 0.137. The Kier molecular flexibility index (Phi) is 9.11. The van der Waals surface area contributed by atoms with Crippen LogP contribution in [0.1, 0.15) is 23.1 Å². The van der Waals surface area contributed by atoms with Gasteiger partial charge in [-0.2, -0.15) is 34.8 Å². The molecule has 0 aliphatic heterocycles. The topological polar surface area (TPSA) is 107 Å². The fraction of sp³-hybridized carbons (Fsp3) is 0.500.